The molecule has 0 saturated carbocycles. The van der Waals surface area contributed by atoms with E-state index in [4.69, 9.17) is 9.47 Å². The number of nitrogens with one attached hydrogen (secondary N) is 2. The summed E-state index contributed by atoms with van der Waals surface area (Å²) in [6.45, 7) is 2.50. The van der Waals surface area contributed by atoms with Gasteiger partial charge in [-0.2, -0.15) is 0 Å². The van der Waals surface area contributed by atoms with Crippen molar-refractivity contribution in [2.24, 2.45) is 0 Å². The van der Waals surface area contributed by atoms with Crippen LogP contribution in [-0.4, -0.2) is 50.3 Å². The molecule has 2 aliphatic rings. The van der Waals surface area contributed by atoms with Crippen molar-refractivity contribution in [3.05, 3.63) is 32.2 Å². The van der Waals surface area contributed by atoms with Crippen molar-refractivity contribution in [1.82, 2.24) is 10.6 Å². The lowest BCUT2D eigenvalue weighted by atomic mass is 10.1. The van der Waals surface area contributed by atoms with Crippen LogP contribution in [-0.2, 0) is 9.47 Å². The van der Waals surface area contributed by atoms with Crippen LogP contribution < -0.4 is 10.6 Å². The highest BCUT2D eigenvalue weighted by molar-refractivity contribution is 9.11. The maximum atomic E-state index is 12.4. The summed E-state index contributed by atoms with van der Waals surface area (Å²) in [5.41, 5.74) is 0.955. The second-order valence-electron chi connectivity index (χ2n) is 6.50. The molecule has 2 heterocycles. The van der Waals surface area contributed by atoms with Crippen molar-refractivity contribution in [1.29, 1.82) is 0 Å². The quantitative estimate of drug-likeness (QED) is 0.643. The SMILES string of the molecule is O=C(NC[C@@H]1CCCO1)c1cc(Br)c(C(=O)NC[C@@H]2CCCO2)cc1Br. The number of halogens is 2. The fourth-order valence-corrected chi connectivity index (χ4v) is 4.16. The van der Waals surface area contributed by atoms with E-state index in [1.807, 2.05) is 0 Å². The van der Waals surface area contributed by atoms with Gasteiger partial charge in [0.1, 0.15) is 0 Å². The van der Waals surface area contributed by atoms with Gasteiger partial charge in [0.05, 0.1) is 23.3 Å². The summed E-state index contributed by atoms with van der Waals surface area (Å²) >= 11 is 6.81. The lowest BCUT2D eigenvalue weighted by molar-refractivity contribution is 0.0850. The summed E-state index contributed by atoms with van der Waals surface area (Å²) < 4.78 is 12.2. The third kappa shape index (κ3) is 5.06. The van der Waals surface area contributed by atoms with E-state index in [0.29, 0.717) is 33.2 Å². The summed E-state index contributed by atoms with van der Waals surface area (Å²) in [7, 11) is 0. The van der Waals surface area contributed by atoms with Crippen LogP contribution in [0.5, 0.6) is 0 Å². The molecule has 6 nitrogen and oxygen atoms in total. The molecule has 142 valence electrons. The molecule has 0 unspecified atom stereocenters. The number of hydrogen-bond acceptors (Lipinski definition) is 4. The predicted octanol–water partition coefficient (Wildman–Crippen LogP) is 3.03. The van der Waals surface area contributed by atoms with Gasteiger partial charge in [0.2, 0.25) is 0 Å². The molecular weight excluding hydrogens is 468 g/mol. The molecule has 8 heteroatoms. The Labute approximate surface area is 169 Å². The van der Waals surface area contributed by atoms with E-state index < -0.39 is 0 Å². The maximum absolute atomic E-state index is 12.4. The Kier molecular flexibility index (Phi) is 7.08. The molecule has 2 aliphatic heterocycles. The van der Waals surface area contributed by atoms with Crippen LogP contribution in [0.15, 0.2) is 21.1 Å². The second-order valence-corrected chi connectivity index (χ2v) is 8.21. The van der Waals surface area contributed by atoms with Crippen LogP contribution in [0.1, 0.15) is 46.4 Å². The van der Waals surface area contributed by atoms with E-state index in [1.54, 1.807) is 12.1 Å². The first kappa shape index (κ1) is 19.8. The standard InChI is InChI=1S/C18H22Br2N2O4/c19-15-8-14(18(24)22-10-12-4-2-6-26-12)16(20)7-13(15)17(23)21-9-11-3-1-5-25-11/h7-8,11-12H,1-6,9-10H2,(H,21,23)(H,22,24)/t11-,12-/m0/s1. The fraction of sp³-hybridized carbons (Fsp3) is 0.556. The largest absolute Gasteiger partial charge is 0.376 e. The van der Waals surface area contributed by atoms with Gasteiger partial charge in [-0.3, -0.25) is 9.59 Å². The van der Waals surface area contributed by atoms with Gasteiger partial charge >= 0.3 is 0 Å². The third-order valence-corrected chi connectivity index (χ3v) is 5.89. The molecule has 2 atom stereocenters. The van der Waals surface area contributed by atoms with E-state index in [2.05, 4.69) is 42.5 Å². The number of ether oxygens (including phenoxy) is 2. The molecule has 0 radical (unpaired) electrons. The van der Waals surface area contributed by atoms with Crippen molar-refractivity contribution in [2.75, 3.05) is 26.3 Å². The Bertz CT molecular complexity index is 614. The van der Waals surface area contributed by atoms with Crippen molar-refractivity contribution in [3.63, 3.8) is 0 Å². The molecule has 1 aromatic rings. The van der Waals surface area contributed by atoms with Crippen LogP contribution >= 0.6 is 31.9 Å². The molecule has 26 heavy (non-hydrogen) atoms. The summed E-state index contributed by atoms with van der Waals surface area (Å²) in [5, 5.41) is 5.78. The predicted molar refractivity (Wildman–Crippen MR) is 104 cm³/mol. The number of carbonyl (C=O) groups excluding carboxylic acids is 2. The van der Waals surface area contributed by atoms with Gasteiger partial charge in [-0.05, 0) is 69.7 Å². The van der Waals surface area contributed by atoms with Crippen LogP contribution in [0.25, 0.3) is 0 Å². The van der Waals surface area contributed by atoms with Gasteiger partial charge in [0.15, 0.2) is 0 Å². The zero-order valence-corrected chi connectivity index (χ0v) is 17.5. The van der Waals surface area contributed by atoms with Gasteiger partial charge in [0.25, 0.3) is 11.8 Å². The molecule has 0 aromatic heterocycles. The molecule has 2 fully saturated rings. The highest BCUT2D eigenvalue weighted by Gasteiger charge is 2.21. The van der Waals surface area contributed by atoms with E-state index >= 15 is 0 Å². The van der Waals surface area contributed by atoms with Crippen molar-refractivity contribution < 1.29 is 19.1 Å². The smallest absolute Gasteiger partial charge is 0.252 e. The molecule has 3 rings (SSSR count). The number of carbonyl (C=O) groups is 2. The van der Waals surface area contributed by atoms with Gasteiger partial charge < -0.3 is 20.1 Å². The Morgan fingerprint density at radius 1 is 0.885 bits per heavy atom. The van der Waals surface area contributed by atoms with Crippen LogP contribution in [0, 0.1) is 0 Å². The van der Waals surface area contributed by atoms with Crippen molar-refractivity contribution >= 4 is 43.7 Å². The third-order valence-electron chi connectivity index (χ3n) is 4.57. The minimum absolute atomic E-state index is 0.0871. The average Bonchev–Trinajstić information content (AvgIpc) is 3.32. The minimum atomic E-state index is -0.195. The first-order valence-electron chi connectivity index (χ1n) is 8.83. The Morgan fingerprint density at radius 3 is 1.65 bits per heavy atom. The molecule has 2 amide bonds. The van der Waals surface area contributed by atoms with Gasteiger partial charge in [-0.25, -0.2) is 0 Å². The Balaban J connectivity index is 1.60. The van der Waals surface area contributed by atoms with E-state index in [9.17, 15) is 9.59 Å². The lowest BCUT2D eigenvalue weighted by Gasteiger charge is -2.14. The molecular formula is C18H22Br2N2O4. The highest BCUT2D eigenvalue weighted by Crippen LogP contribution is 2.26. The Morgan fingerprint density at radius 2 is 1.31 bits per heavy atom. The minimum Gasteiger partial charge on any atom is -0.376 e. The number of amides is 2. The molecule has 1 aromatic carbocycles. The summed E-state index contributed by atoms with van der Waals surface area (Å²) in [6.07, 6.45) is 4.18. The van der Waals surface area contributed by atoms with Crippen LogP contribution in [0.4, 0.5) is 0 Å². The van der Waals surface area contributed by atoms with Crippen molar-refractivity contribution in [3.8, 4) is 0 Å². The first-order chi connectivity index (χ1) is 12.5. The van der Waals surface area contributed by atoms with Gasteiger partial charge in [-0.1, -0.05) is 0 Å². The highest BCUT2D eigenvalue weighted by atomic mass is 79.9. The summed E-state index contributed by atoms with van der Waals surface area (Å²) in [5.74, 6) is -0.390. The average molecular weight is 490 g/mol. The van der Waals surface area contributed by atoms with E-state index in [-0.39, 0.29) is 24.0 Å². The molecule has 0 bridgehead atoms. The molecule has 0 aliphatic carbocycles. The number of hydrogen-bond donors (Lipinski definition) is 2. The monoisotopic (exact) mass is 488 g/mol. The maximum Gasteiger partial charge on any atom is 0.252 e. The van der Waals surface area contributed by atoms with Gasteiger partial charge in [-0.15, -0.1) is 0 Å². The number of benzene rings is 1. The van der Waals surface area contributed by atoms with Crippen LogP contribution in [0.2, 0.25) is 0 Å². The first-order valence-corrected chi connectivity index (χ1v) is 10.4. The summed E-state index contributed by atoms with van der Waals surface area (Å²) in [6, 6.07) is 3.33. The zero-order chi connectivity index (χ0) is 18.5. The molecule has 2 saturated heterocycles. The van der Waals surface area contributed by atoms with Crippen molar-refractivity contribution in [2.45, 2.75) is 37.9 Å². The lowest BCUT2D eigenvalue weighted by Crippen LogP contribution is -2.33. The summed E-state index contributed by atoms with van der Waals surface area (Å²) in [4.78, 5) is 24.8. The molecule has 0 spiro atoms. The van der Waals surface area contributed by atoms with Gasteiger partial charge in [0, 0.05) is 35.2 Å². The van der Waals surface area contributed by atoms with E-state index in [1.165, 1.54) is 0 Å². The second kappa shape index (κ2) is 9.30. The fourth-order valence-electron chi connectivity index (χ4n) is 3.11. The normalized spacial score (nSPS) is 22.4. The van der Waals surface area contributed by atoms with E-state index in [0.717, 1.165) is 38.9 Å². The zero-order valence-electron chi connectivity index (χ0n) is 14.4. The molecule has 2 N–H and O–H groups in total. The van der Waals surface area contributed by atoms with Crippen LogP contribution in [0.3, 0.4) is 0 Å². The Hall–Kier alpha value is -0.960. The number of rotatable bonds is 6. The topological polar surface area (TPSA) is 76.7 Å².